The molecule has 84 valence electrons. The number of aliphatic carboxylic acids is 1. The zero-order chi connectivity index (χ0) is 11.9. The average molecular weight is 225 g/mol. The highest BCUT2D eigenvalue weighted by Gasteiger charge is 2.20. The molecule has 3 nitrogen and oxygen atoms in total. The Kier molecular flexibility index (Phi) is 5.36. The van der Waals surface area contributed by atoms with Crippen molar-refractivity contribution in [3.63, 3.8) is 0 Å². The Labute approximate surface area is 83.1 Å². The molecule has 0 fully saturated rings. The second kappa shape index (κ2) is 6.00. The number of carboxylic acid groups (broad SMARTS) is 1. The van der Waals surface area contributed by atoms with Crippen LogP contribution in [0.1, 0.15) is 0 Å². The lowest BCUT2D eigenvalue weighted by Gasteiger charge is -1.94. The third kappa shape index (κ3) is 12.4. The SMILES string of the molecule is F[B-](F)(F)F.O=C(O)C[n+]1ccccc1. The van der Waals surface area contributed by atoms with Crippen LogP contribution in [-0.4, -0.2) is 18.3 Å². The largest absolute Gasteiger partial charge is 0.673 e. The smallest absolute Gasteiger partial charge is 0.477 e. The fourth-order valence-electron chi connectivity index (χ4n) is 0.696. The predicted molar refractivity (Wildman–Crippen MR) is 44.5 cm³/mol. The van der Waals surface area contributed by atoms with Crippen LogP contribution in [-0.2, 0) is 11.3 Å². The number of carbonyl (C=O) groups is 1. The summed E-state index contributed by atoms with van der Waals surface area (Å²) in [5.74, 6) is -0.823. The van der Waals surface area contributed by atoms with Gasteiger partial charge in [0, 0.05) is 12.1 Å². The number of carboxylic acids is 1. The van der Waals surface area contributed by atoms with Gasteiger partial charge in [0.2, 0.25) is 6.54 Å². The van der Waals surface area contributed by atoms with Crippen LogP contribution in [0.2, 0.25) is 0 Å². The maximum Gasteiger partial charge on any atom is 0.673 e. The summed E-state index contributed by atoms with van der Waals surface area (Å²) in [5, 5.41) is 8.35. The molecule has 1 N–H and O–H groups in total. The second-order valence-electron chi connectivity index (χ2n) is 2.44. The van der Waals surface area contributed by atoms with Gasteiger partial charge in [0.05, 0.1) is 0 Å². The van der Waals surface area contributed by atoms with Gasteiger partial charge < -0.3 is 22.4 Å². The topological polar surface area (TPSA) is 41.2 Å². The molecule has 1 aromatic heterocycles. The molecular weight excluding hydrogens is 217 g/mol. The van der Waals surface area contributed by atoms with Gasteiger partial charge >= 0.3 is 13.2 Å². The summed E-state index contributed by atoms with van der Waals surface area (Å²) in [7, 11) is -6.00. The molecule has 1 rings (SSSR count). The van der Waals surface area contributed by atoms with Gasteiger partial charge in [-0.2, -0.15) is 4.57 Å². The van der Waals surface area contributed by atoms with Crippen molar-refractivity contribution >= 4 is 13.2 Å². The normalized spacial score (nSPS) is 10.1. The third-order valence-electron chi connectivity index (χ3n) is 1.10. The van der Waals surface area contributed by atoms with Crippen LogP contribution < -0.4 is 4.57 Å². The molecule has 0 spiro atoms. The standard InChI is InChI=1S/C7H7NO2.BF4/c9-7(10)6-8-4-2-1-3-5-8;2-1(3,4)5/h1-5H,6H2;/q;-1/p+1. The van der Waals surface area contributed by atoms with E-state index < -0.39 is 13.2 Å². The van der Waals surface area contributed by atoms with E-state index >= 15 is 0 Å². The number of hydrogen-bond donors (Lipinski definition) is 1. The zero-order valence-electron chi connectivity index (χ0n) is 7.49. The van der Waals surface area contributed by atoms with Crippen LogP contribution in [0.15, 0.2) is 30.6 Å². The van der Waals surface area contributed by atoms with E-state index in [1.807, 2.05) is 6.07 Å². The molecule has 1 heterocycles. The Morgan fingerprint density at radius 2 is 1.53 bits per heavy atom. The molecule has 0 saturated carbocycles. The molecule has 0 aromatic carbocycles. The maximum absolute atomic E-state index is 10.1. The fraction of sp³-hybridized carbons (Fsp3) is 0.143. The molecule has 15 heavy (non-hydrogen) atoms. The Bertz CT molecular complexity index is 298. The Balaban J connectivity index is 0.000000336. The summed E-state index contributed by atoms with van der Waals surface area (Å²) in [6.07, 6.45) is 3.43. The van der Waals surface area contributed by atoms with E-state index in [1.54, 1.807) is 29.1 Å². The maximum atomic E-state index is 10.1. The number of aromatic nitrogens is 1. The van der Waals surface area contributed by atoms with Gasteiger partial charge in [-0.15, -0.1) is 0 Å². The van der Waals surface area contributed by atoms with Gasteiger partial charge in [0.25, 0.3) is 0 Å². The number of halogens is 4. The lowest BCUT2D eigenvalue weighted by atomic mass is 10.3. The minimum absolute atomic E-state index is 0.0286. The minimum Gasteiger partial charge on any atom is -0.477 e. The van der Waals surface area contributed by atoms with Crippen molar-refractivity contribution < 1.29 is 31.7 Å². The van der Waals surface area contributed by atoms with E-state index in [9.17, 15) is 22.1 Å². The molecule has 0 unspecified atom stereocenters. The second-order valence-corrected chi connectivity index (χ2v) is 2.44. The van der Waals surface area contributed by atoms with Crippen LogP contribution >= 0.6 is 0 Å². The molecule has 1 aromatic rings. The van der Waals surface area contributed by atoms with E-state index in [4.69, 9.17) is 5.11 Å². The van der Waals surface area contributed by atoms with Crippen molar-refractivity contribution in [2.24, 2.45) is 0 Å². The summed E-state index contributed by atoms with van der Waals surface area (Å²) in [6, 6.07) is 5.43. The molecule has 0 atom stereocenters. The van der Waals surface area contributed by atoms with Crippen LogP contribution in [0.3, 0.4) is 0 Å². The Hall–Kier alpha value is -1.60. The number of nitrogens with zero attached hydrogens (tertiary/aromatic N) is 1. The highest BCUT2D eigenvalue weighted by molar-refractivity contribution is 6.50. The molecule has 0 bridgehead atoms. The van der Waals surface area contributed by atoms with Crippen molar-refractivity contribution in [2.75, 3.05) is 0 Å². The zero-order valence-corrected chi connectivity index (χ0v) is 7.49. The van der Waals surface area contributed by atoms with Gasteiger partial charge in [-0.3, -0.25) is 0 Å². The highest BCUT2D eigenvalue weighted by Crippen LogP contribution is 2.06. The number of hydrogen-bond acceptors (Lipinski definition) is 1. The first-order valence-electron chi connectivity index (χ1n) is 3.82. The summed E-state index contributed by atoms with van der Waals surface area (Å²) < 4.78 is 40.6. The van der Waals surface area contributed by atoms with Crippen molar-refractivity contribution in [3.05, 3.63) is 30.6 Å². The van der Waals surface area contributed by atoms with Gasteiger partial charge in [0.15, 0.2) is 12.4 Å². The molecule has 0 radical (unpaired) electrons. The van der Waals surface area contributed by atoms with Gasteiger partial charge in [-0.1, -0.05) is 6.07 Å². The van der Waals surface area contributed by atoms with Crippen molar-refractivity contribution in [2.45, 2.75) is 6.54 Å². The molecule has 0 saturated heterocycles. The summed E-state index contributed by atoms with van der Waals surface area (Å²) in [4.78, 5) is 10.1. The molecule has 0 aliphatic heterocycles. The first kappa shape index (κ1) is 13.4. The van der Waals surface area contributed by atoms with Crippen LogP contribution in [0.25, 0.3) is 0 Å². The lowest BCUT2D eigenvalue weighted by molar-refractivity contribution is -0.685. The van der Waals surface area contributed by atoms with Crippen molar-refractivity contribution in [1.82, 2.24) is 0 Å². The first-order chi connectivity index (χ1) is 6.79. The summed E-state index contributed by atoms with van der Waals surface area (Å²) in [5.41, 5.74) is 0. The molecule has 0 amide bonds. The Morgan fingerprint density at radius 1 is 1.13 bits per heavy atom. The fourth-order valence-corrected chi connectivity index (χ4v) is 0.696. The average Bonchev–Trinajstić information content (AvgIpc) is 2.01. The van der Waals surface area contributed by atoms with E-state index in [0.29, 0.717) is 0 Å². The molecule has 0 aliphatic carbocycles. The number of rotatable bonds is 2. The first-order valence-corrected chi connectivity index (χ1v) is 3.82. The van der Waals surface area contributed by atoms with Gasteiger partial charge in [0.1, 0.15) is 0 Å². The van der Waals surface area contributed by atoms with Crippen molar-refractivity contribution in [3.8, 4) is 0 Å². The summed E-state index contributed by atoms with van der Waals surface area (Å²) in [6.45, 7) is 0.0286. The molecular formula is C7H8BF4NO2. The van der Waals surface area contributed by atoms with E-state index in [-0.39, 0.29) is 6.54 Å². The van der Waals surface area contributed by atoms with Crippen LogP contribution in [0.5, 0.6) is 0 Å². The quantitative estimate of drug-likeness (QED) is 0.469. The highest BCUT2D eigenvalue weighted by atomic mass is 19.5. The Morgan fingerprint density at radius 3 is 1.87 bits per heavy atom. The van der Waals surface area contributed by atoms with E-state index in [2.05, 4.69) is 0 Å². The predicted octanol–water partition coefficient (Wildman–Crippen LogP) is 1.36. The lowest BCUT2D eigenvalue weighted by Crippen LogP contribution is -2.36. The minimum atomic E-state index is -6.00. The molecule has 8 heteroatoms. The monoisotopic (exact) mass is 225 g/mol. The van der Waals surface area contributed by atoms with Gasteiger partial charge in [-0.05, 0) is 0 Å². The van der Waals surface area contributed by atoms with Crippen molar-refractivity contribution in [1.29, 1.82) is 0 Å². The third-order valence-corrected chi connectivity index (χ3v) is 1.10. The van der Waals surface area contributed by atoms with Crippen LogP contribution in [0.4, 0.5) is 17.3 Å². The molecule has 0 aliphatic rings. The van der Waals surface area contributed by atoms with Gasteiger partial charge in [-0.25, -0.2) is 4.79 Å². The summed E-state index contributed by atoms with van der Waals surface area (Å²) >= 11 is 0. The number of pyridine rings is 1. The van der Waals surface area contributed by atoms with E-state index in [1.165, 1.54) is 0 Å². The van der Waals surface area contributed by atoms with E-state index in [0.717, 1.165) is 0 Å². The van der Waals surface area contributed by atoms with Crippen LogP contribution in [0, 0.1) is 0 Å².